The molecule has 0 radical (unpaired) electrons. The van der Waals surface area contributed by atoms with Crippen molar-refractivity contribution in [3.05, 3.63) is 102 Å². The molecule has 3 N–H and O–H groups in total. The first-order valence-corrected chi connectivity index (χ1v) is 11.9. The summed E-state index contributed by atoms with van der Waals surface area (Å²) in [6, 6.07) is 26.7. The third-order valence-electron chi connectivity index (χ3n) is 5.23. The molecule has 0 fully saturated rings. The molecule has 0 unspecified atom stereocenters. The van der Waals surface area contributed by atoms with Gasteiger partial charge in [0, 0.05) is 25.2 Å². The van der Waals surface area contributed by atoms with E-state index in [0.717, 1.165) is 16.7 Å². The molecule has 0 aliphatic rings. The predicted octanol–water partition coefficient (Wildman–Crippen LogP) is 4.99. The zero-order valence-corrected chi connectivity index (χ0v) is 20.9. The average Bonchev–Trinajstić information content (AvgIpc) is 2.83. The number of rotatable bonds is 9. The highest BCUT2D eigenvalue weighted by atomic mass is 16.6. The maximum Gasteiger partial charge on any atom is 0.407 e. The van der Waals surface area contributed by atoms with Crippen LogP contribution in [0.4, 0.5) is 10.5 Å². The summed E-state index contributed by atoms with van der Waals surface area (Å²) in [5, 5.41) is 8.42. The van der Waals surface area contributed by atoms with E-state index in [1.54, 1.807) is 26.8 Å². The van der Waals surface area contributed by atoms with Crippen molar-refractivity contribution in [1.29, 1.82) is 0 Å². The molecule has 3 aromatic carbocycles. The van der Waals surface area contributed by atoms with Crippen molar-refractivity contribution in [3.8, 4) is 0 Å². The van der Waals surface area contributed by atoms with E-state index in [-0.39, 0.29) is 24.8 Å². The first kappa shape index (κ1) is 26.5. The standard InChI is InChI=1S/C29H33N3O4/c1-29(2,3)36-28(35)30-18-17-25(33)32-24-16-10-11-21(19-24)20-31-27(34)26(22-12-6-4-7-13-22)23-14-8-5-9-15-23/h4-16,19,26H,17-18,20H2,1-3H3,(H,30,35)(H,31,34)(H,32,33). The van der Waals surface area contributed by atoms with Gasteiger partial charge in [-0.05, 0) is 49.6 Å². The number of hydrogen-bond acceptors (Lipinski definition) is 4. The van der Waals surface area contributed by atoms with Gasteiger partial charge >= 0.3 is 6.09 Å². The molecular weight excluding hydrogens is 454 g/mol. The second-order valence-electron chi connectivity index (χ2n) is 9.40. The molecule has 0 spiro atoms. The zero-order chi connectivity index (χ0) is 26.0. The first-order chi connectivity index (χ1) is 17.2. The van der Waals surface area contributed by atoms with E-state index in [1.165, 1.54) is 0 Å². The molecule has 7 heteroatoms. The number of amides is 3. The van der Waals surface area contributed by atoms with Crippen LogP contribution in [0.15, 0.2) is 84.9 Å². The fourth-order valence-electron chi connectivity index (χ4n) is 3.65. The Labute approximate surface area is 212 Å². The van der Waals surface area contributed by atoms with Crippen LogP contribution in [0.2, 0.25) is 0 Å². The molecule has 7 nitrogen and oxygen atoms in total. The van der Waals surface area contributed by atoms with Gasteiger partial charge in [-0.25, -0.2) is 4.79 Å². The molecule has 0 atom stereocenters. The van der Waals surface area contributed by atoms with E-state index < -0.39 is 17.6 Å². The molecule has 0 aliphatic heterocycles. The number of carbonyl (C=O) groups is 3. The SMILES string of the molecule is CC(C)(C)OC(=O)NCCC(=O)Nc1cccc(CNC(=O)C(c2ccccc2)c2ccccc2)c1. The average molecular weight is 488 g/mol. The monoisotopic (exact) mass is 487 g/mol. The predicted molar refractivity (Wildman–Crippen MR) is 140 cm³/mol. The number of ether oxygens (including phenoxy) is 1. The summed E-state index contributed by atoms with van der Waals surface area (Å²) in [5.41, 5.74) is 2.72. The lowest BCUT2D eigenvalue weighted by Gasteiger charge is -2.19. The fourth-order valence-corrected chi connectivity index (χ4v) is 3.65. The Kier molecular flexibility index (Phi) is 9.22. The first-order valence-electron chi connectivity index (χ1n) is 11.9. The summed E-state index contributed by atoms with van der Waals surface area (Å²) in [4.78, 5) is 37.2. The summed E-state index contributed by atoms with van der Waals surface area (Å²) >= 11 is 0. The molecular formula is C29H33N3O4. The Morgan fingerprint density at radius 2 is 1.42 bits per heavy atom. The van der Waals surface area contributed by atoms with E-state index in [4.69, 9.17) is 4.74 Å². The number of hydrogen-bond donors (Lipinski definition) is 3. The second kappa shape index (κ2) is 12.5. The van der Waals surface area contributed by atoms with Crippen LogP contribution in [0, 0.1) is 0 Å². The van der Waals surface area contributed by atoms with Crippen LogP contribution >= 0.6 is 0 Å². The summed E-state index contributed by atoms with van der Waals surface area (Å²) in [7, 11) is 0. The smallest absolute Gasteiger partial charge is 0.407 e. The van der Waals surface area contributed by atoms with Crippen molar-refractivity contribution in [3.63, 3.8) is 0 Å². The summed E-state index contributed by atoms with van der Waals surface area (Å²) in [5.74, 6) is -0.761. The van der Waals surface area contributed by atoms with Gasteiger partial charge in [0.2, 0.25) is 11.8 Å². The van der Waals surface area contributed by atoms with Crippen LogP contribution in [-0.2, 0) is 20.9 Å². The van der Waals surface area contributed by atoms with E-state index in [0.29, 0.717) is 12.2 Å². The lowest BCUT2D eigenvalue weighted by Crippen LogP contribution is -2.34. The number of nitrogens with one attached hydrogen (secondary N) is 3. The van der Waals surface area contributed by atoms with Gasteiger partial charge in [-0.2, -0.15) is 0 Å². The quantitative estimate of drug-likeness (QED) is 0.396. The number of anilines is 1. The molecule has 188 valence electrons. The normalized spacial score (nSPS) is 11.0. The summed E-state index contributed by atoms with van der Waals surface area (Å²) in [6.07, 6.45) is -0.451. The van der Waals surface area contributed by atoms with E-state index in [9.17, 15) is 14.4 Å². The maximum atomic E-state index is 13.2. The van der Waals surface area contributed by atoms with E-state index in [1.807, 2.05) is 78.9 Å². The van der Waals surface area contributed by atoms with Crippen LogP contribution < -0.4 is 16.0 Å². The third kappa shape index (κ3) is 8.58. The molecule has 0 bridgehead atoms. The van der Waals surface area contributed by atoms with Gasteiger partial charge in [0.1, 0.15) is 5.60 Å². The summed E-state index contributed by atoms with van der Waals surface area (Å²) < 4.78 is 5.16. The highest BCUT2D eigenvalue weighted by molar-refractivity contribution is 5.91. The second-order valence-corrected chi connectivity index (χ2v) is 9.40. The Bertz CT molecular complexity index is 1120. The molecule has 0 aromatic heterocycles. The van der Waals surface area contributed by atoms with Crippen LogP contribution in [-0.4, -0.2) is 30.1 Å². The largest absolute Gasteiger partial charge is 0.444 e. The van der Waals surface area contributed by atoms with Crippen molar-refractivity contribution in [2.45, 2.75) is 45.3 Å². The number of carbonyl (C=O) groups excluding carboxylic acids is 3. The van der Waals surface area contributed by atoms with Gasteiger partial charge < -0.3 is 20.7 Å². The maximum absolute atomic E-state index is 13.2. The fraction of sp³-hybridized carbons (Fsp3) is 0.276. The number of benzene rings is 3. The van der Waals surface area contributed by atoms with Crippen molar-refractivity contribution in [2.24, 2.45) is 0 Å². The minimum absolute atomic E-state index is 0.102. The Hall–Kier alpha value is -4.13. The van der Waals surface area contributed by atoms with Gasteiger partial charge in [0.25, 0.3) is 0 Å². The minimum Gasteiger partial charge on any atom is -0.444 e. The molecule has 3 amide bonds. The highest BCUT2D eigenvalue weighted by Gasteiger charge is 2.22. The van der Waals surface area contributed by atoms with Gasteiger partial charge in [0.05, 0.1) is 5.92 Å². The van der Waals surface area contributed by atoms with Crippen molar-refractivity contribution < 1.29 is 19.1 Å². The van der Waals surface area contributed by atoms with Crippen molar-refractivity contribution in [1.82, 2.24) is 10.6 Å². The van der Waals surface area contributed by atoms with E-state index in [2.05, 4.69) is 16.0 Å². The van der Waals surface area contributed by atoms with Crippen LogP contribution in [0.3, 0.4) is 0 Å². The highest BCUT2D eigenvalue weighted by Crippen LogP contribution is 2.25. The van der Waals surface area contributed by atoms with E-state index >= 15 is 0 Å². The molecule has 0 aliphatic carbocycles. The molecule has 0 saturated heterocycles. The van der Waals surface area contributed by atoms with Gasteiger partial charge in [-0.15, -0.1) is 0 Å². The molecule has 0 saturated carbocycles. The lowest BCUT2D eigenvalue weighted by molar-refractivity contribution is -0.122. The minimum atomic E-state index is -0.593. The molecule has 3 aromatic rings. The van der Waals surface area contributed by atoms with Gasteiger partial charge in [0.15, 0.2) is 0 Å². The number of alkyl carbamates (subject to hydrolysis) is 1. The third-order valence-corrected chi connectivity index (χ3v) is 5.23. The topological polar surface area (TPSA) is 96.5 Å². The van der Waals surface area contributed by atoms with Crippen LogP contribution in [0.25, 0.3) is 0 Å². The Morgan fingerprint density at radius 1 is 0.806 bits per heavy atom. The molecule has 0 heterocycles. The Morgan fingerprint density at radius 3 is 2.00 bits per heavy atom. The lowest BCUT2D eigenvalue weighted by atomic mass is 9.90. The Balaban J connectivity index is 1.55. The van der Waals surface area contributed by atoms with Crippen LogP contribution in [0.5, 0.6) is 0 Å². The van der Waals surface area contributed by atoms with Crippen molar-refractivity contribution in [2.75, 3.05) is 11.9 Å². The molecule has 3 rings (SSSR count). The van der Waals surface area contributed by atoms with Crippen molar-refractivity contribution >= 4 is 23.6 Å². The molecule has 36 heavy (non-hydrogen) atoms. The zero-order valence-electron chi connectivity index (χ0n) is 20.9. The van der Waals surface area contributed by atoms with Gasteiger partial charge in [-0.3, -0.25) is 9.59 Å². The summed E-state index contributed by atoms with van der Waals surface area (Å²) in [6.45, 7) is 5.81. The van der Waals surface area contributed by atoms with Gasteiger partial charge in [-0.1, -0.05) is 72.8 Å². The van der Waals surface area contributed by atoms with Crippen LogP contribution in [0.1, 0.15) is 49.8 Å².